The third kappa shape index (κ3) is 5.00. The predicted molar refractivity (Wildman–Crippen MR) is 106 cm³/mol. The number of rotatable bonds is 7. The van der Waals surface area contributed by atoms with Gasteiger partial charge in [-0.1, -0.05) is 36.4 Å². The van der Waals surface area contributed by atoms with Crippen LogP contribution in [0.3, 0.4) is 0 Å². The van der Waals surface area contributed by atoms with Gasteiger partial charge in [-0.15, -0.1) is 0 Å². The van der Waals surface area contributed by atoms with Crippen LogP contribution in [0.4, 0.5) is 16.2 Å². The molecular weight excluding hydrogens is 342 g/mol. The molecule has 0 radical (unpaired) electrons. The molecule has 2 aromatic rings. The number of amides is 2. The number of hydrogen-bond acceptors (Lipinski definition) is 4. The van der Waals surface area contributed by atoms with E-state index in [1.165, 1.54) is 0 Å². The van der Waals surface area contributed by atoms with Crippen molar-refractivity contribution in [3.63, 3.8) is 0 Å². The lowest BCUT2D eigenvalue weighted by atomic mass is 10.0. The molecule has 1 saturated carbocycles. The second-order valence-electron chi connectivity index (χ2n) is 6.59. The Labute approximate surface area is 159 Å². The molecule has 0 heterocycles. The van der Waals surface area contributed by atoms with Crippen molar-refractivity contribution in [1.82, 2.24) is 5.32 Å². The molecule has 2 amide bonds. The molecule has 0 spiro atoms. The lowest BCUT2D eigenvalue weighted by molar-refractivity contribution is -0.122. The molecule has 6 heteroatoms. The highest BCUT2D eigenvalue weighted by Gasteiger charge is 2.28. The summed E-state index contributed by atoms with van der Waals surface area (Å²) < 4.78 is 4.95. The lowest BCUT2D eigenvalue weighted by Crippen LogP contribution is -2.35. The normalized spacial score (nSPS) is 14.1. The summed E-state index contributed by atoms with van der Waals surface area (Å²) in [5, 5.41) is 9.14. The van der Waals surface area contributed by atoms with Gasteiger partial charge in [0.05, 0.1) is 6.61 Å². The fourth-order valence-electron chi connectivity index (χ4n) is 2.82. The summed E-state index contributed by atoms with van der Waals surface area (Å²) in [4.78, 5) is 24.5. The summed E-state index contributed by atoms with van der Waals surface area (Å²) in [6.07, 6.45) is 1.57. The quantitative estimate of drug-likeness (QED) is 0.691. The van der Waals surface area contributed by atoms with Crippen LogP contribution in [-0.2, 0) is 9.53 Å². The van der Waals surface area contributed by atoms with E-state index in [1.54, 1.807) is 13.0 Å². The second-order valence-corrected chi connectivity index (χ2v) is 6.59. The molecule has 1 atom stereocenters. The summed E-state index contributed by atoms with van der Waals surface area (Å²) in [7, 11) is 0. The Balaban J connectivity index is 1.82. The first-order valence-corrected chi connectivity index (χ1v) is 9.23. The van der Waals surface area contributed by atoms with Crippen molar-refractivity contribution in [1.29, 1.82) is 0 Å². The summed E-state index contributed by atoms with van der Waals surface area (Å²) in [5.74, 6) is -0.0492. The van der Waals surface area contributed by atoms with Crippen molar-refractivity contribution < 1.29 is 14.3 Å². The van der Waals surface area contributed by atoms with E-state index in [0.29, 0.717) is 12.3 Å². The Morgan fingerprint density at radius 2 is 1.78 bits per heavy atom. The first-order valence-electron chi connectivity index (χ1n) is 9.23. The number of anilines is 2. The molecule has 3 rings (SSSR count). The molecule has 2 aromatic carbocycles. The van der Waals surface area contributed by atoms with E-state index in [1.807, 2.05) is 49.4 Å². The SMILES string of the molecule is CCOC(=O)Nc1cccc(NC(C(=O)NC2CC2)c2ccccc2)c1C. The van der Waals surface area contributed by atoms with E-state index in [0.717, 1.165) is 29.7 Å². The van der Waals surface area contributed by atoms with Crippen LogP contribution in [0, 0.1) is 6.92 Å². The van der Waals surface area contributed by atoms with Gasteiger partial charge in [-0.05, 0) is 49.9 Å². The minimum Gasteiger partial charge on any atom is -0.450 e. The molecule has 1 unspecified atom stereocenters. The maximum absolute atomic E-state index is 12.8. The molecule has 0 aromatic heterocycles. The van der Waals surface area contributed by atoms with Crippen LogP contribution < -0.4 is 16.0 Å². The zero-order valence-corrected chi connectivity index (χ0v) is 15.6. The Bertz CT molecular complexity index is 804. The molecule has 1 aliphatic carbocycles. The van der Waals surface area contributed by atoms with Gasteiger partial charge in [0.15, 0.2) is 0 Å². The zero-order chi connectivity index (χ0) is 19.2. The highest BCUT2D eigenvalue weighted by Crippen LogP contribution is 2.28. The molecule has 3 N–H and O–H groups in total. The van der Waals surface area contributed by atoms with Gasteiger partial charge in [0.2, 0.25) is 5.91 Å². The van der Waals surface area contributed by atoms with Crippen molar-refractivity contribution in [3.8, 4) is 0 Å². The predicted octanol–water partition coefficient (Wildman–Crippen LogP) is 4.00. The van der Waals surface area contributed by atoms with Crippen molar-refractivity contribution in [2.24, 2.45) is 0 Å². The number of ether oxygens (including phenoxy) is 1. The average Bonchev–Trinajstić information content (AvgIpc) is 3.47. The first-order chi connectivity index (χ1) is 13.1. The van der Waals surface area contributed by atoms with Crippen LogP contribution in [0.25, 0.3) is 0 Å². The number of carbonyl (C=O) groups excluding carboxylic acids is 2. The summed E-state index contributed by atoms with van der Waals surface area (Å²) in [5.41, 5.74) is 3.15. The van der Waals surface area contributed by atoms with Gasteiger partial charge in [-0.3, -0.25) is 10.1 Å². The third-order valence-electron chi connectivity index (χ3n) is 4.46. The highest BCUT2D eigenvalue weighted by atomic mass is 16.5. The summed E-state index contributed by atoms with van der Waals surface area (Å²) in [6, 6.07) is 14.9. The van der Waals surface area contributed by atoms with Gasteiger partial charge in [-0.25, -0.2) is 4.79 Å². The molecule has 1 fully saturated rings. The van der Waals surface area contributed by atoms with E-state index < -0.39 is 12.1 Å². The van der Waals surface area contributed by atoms with Crippen LogP contribution in [0.5, 0.6) is 0 Å². The first kappa shape index (κ1) is 18.8. The Morgan fingerprint density at radius 1 is 1.07 bits per heavy atom. The van der Waals surface area contributed by atoms with Gasteiger partial charge < -0.3 is 15.4 Å². The fourth-order valence-corrected chi connectivity index (χ4v) is 2.82. The lowest BCUT2D eigenvalue weighted by Gasteiger charge is -2.22. The Hall–Kier alpha value is -3.02. The minimum atomic E-state index is -0.511. The molecular formula is C21H25N3O3. The van der Waals surface area contributed by atoms with Crippen LogP contribution >= 0.6 is 0 Å². The number of carbonyl (C=O) groups is 2. The highest BCUT2D eigenvalue weighted by molar-refractivity contribution is 5.89. The van der Waals surface area contributed by atoms with E-state index in [4.69, 9.17) is 4.74 Å². The Morgan fingerprint density at radius 3 is 2.44 bits per heavy atom. The third-order valence-corrected chi connectivity index (χ3v) is 4.46. The van der Waals surface area contributed by atoms with Gasteiger partial charge in [0, 0.05) is 17.4 Å². The molecule has 0 saturated heterocycles. The number of benzene rings is 2. The largest absolute Gasteiger partial charge is 0.450 e. The second kappa shape index (κ2) is 8.58. The standard InChI is InChI=1S/C21H25N3O3/c1-3-27-21(26)24-18-11-7-10-17(14(18)2)23-19(15-8-5-4-6-9-15)20(25)22-16-12-13-16/h4-11,16,19,23H,3,12-13H2,1-2H3,(H,22,25)(H,24,26). The van der Waals surface area contributed by atoms with Crippen LogP contribution in [-0.4, -0.2) is 24.6 Å². The molecule has 142 valence electrons. The van der Waals surface area contributed by atoms with Gasteiger partial charge >= 0.3 is 6.09 Å². The topological polar surface area (TPSA) is 79.5 Å². The van der Waals surface area contributed by atoms with E-state index in [9.17, 15) is 9.59 Å². The number of hydrogen-bond donors (Lipinski definition) is 3. The summed E-state index contributed by atoms with van der Waals surface area (Å²) >= 11 is 0. The smallest absolute Gasteiger partial charge is 0.411 e. The van der Waals surface area contributed by atoms with Crippen LogP contribution in [0.1, 0.15) is 36.9 Å². The van der Waals surface area contributed by atoms with Gasteiger partial charge in [-0.2, -0.15) is 0 Å². The van der Waals surface area contributed by atoms with Crippen LogP contribution in [0.2, 0.25) is 0 Å². The van der Waals surface area contributed by atoms with Crippen molar-refractivity contribution in [2.45, 2.75) is 38.8 Å². The number of nitrogens with one attached hydrogen (secondary N) is 3. The molecule has 6 nitrogen and oxygen atoms in total. The minimum absolute atomic E-state index is 0.0492. The van der Waals surface area contributed by atoms with Gasteiger partial charge in [0.25, 0.3) is 0 Å². The van der Waals surface area contributed by atoms with Crippen molar-refractivity contribution in [2.75, 3.05) is 17.2 Å². The van der Waals surface area contributed by atoms with E-state index in [-0.39, 0.29) is 11.9 Å². The van der Waals surface area contributed by atoms with E-state index in [2.05, 4.69) is 16.0 Å². The van der Waals surface area contributed by atoms with Crippen molar-refractivity contribution in [3.05, 3.63) is 59.7 Å². The molecule has 0 bridgehead atoms. The molecule has 27 heavy (non-hydrogen) atoms. The maximum Gasteiger partial charge on any atom is 0.411 e. The fraction of sp³-hybridized carbons (Fsp3) is 0.333. The maximum atomic E-state index is 12.8. The monoisotopic (exact) mass is 367 g/mol. The zero-order valence-electron chi connectivity index (χ0n) is 15.6. The van der Waals surface area contributed by atoms with Gasteiger partial charge in [0.1, 0.15) is 6.04 Å². The van der Waals surface area contributed by atoms with E-state index >= 15 is 0 Å². The summed E-state index contributed by atoms with van der Waals surface area (Å²) in [6.45, 7) is 3.96. The molecule has 0 aliphatic heterocycles. The van der Waals surface area contributed by atoms with Crippen molar-refractivity contribution >= 4 is 23.4 Å². The molecule has 1 aliphatic rings. The Kier molecular flexibility index (Phi) is 5.96. The average molecular weight is 367 g/mol. The van der Waals surface area contributed by atoms with Crippen LogP contribution in [0.15, 0.2) is 48.5 Å².